The first-order chi connectivity index (χ1) is 11.8. The lowest BCUT2D eigenvalue weighted by Crippen LogP contribution is -2.54. The van der Waals surface area contributed by atoms with Gasteiger partial charge in [0.15, 0.2) is 0 Å². The van der Waals surface area contributed by atoms with Crippen molar-refractivity contribution in [2.45, 2.75) is 91.1 Å². The van der Waals surface area contributed by atoms with Crippen LogP contribution in [-0.2, 0) is 9.53 Å². The smallest absolute Gasteiger partial charge is 0.333 e. The number of carbonyl (C=O) groups is 1. The van der Waals surface area contributed by atoms with E-state index in [9.17, 15) is 4.79 Å². The van der Waals surface area contributed by atoms with Crippen molar-refractivity contribution in [1.29, 1.82) is 0 Å². The summed E-state index contributed by atoms with van der Waals surface area (Å²) in [6.07, 6.45) is 13.4. The fourth-order valence-corrected chi connectivity index (χ4v) is 7.76. The van der Waals surface area contributed by atoms with Crippen LogP contribution in [0.15, 0.2) is 12.2 Å². The van der Waals surface area contributed by atoms with Crippen molar-refractivity contribution in [2.24, 2.45) is 34.5 Å². The summed E-state index contributed by atoms with van der Waals surface area (Å²) >= 11 is 0. The van der Waals surface area contributed by atoms with E-state index < -0.39 is 0 Å². The molecule has 0 saturated heterocycles. The van der Waals surface area contributed by atoms with Gasteiger partial charge in [-0.25, -0.2) is 4.79 Å². The molecule has 0 aromatic rings. The second-order valence-electron chi connectivity index (χ2n) is 10.8. The summed E-state index contributed by atoms with van der Waals surface area (Å²) in [7, 11) is 0. The number of carbonyl (C=O) groups excluding carboxylic acids is 1. The van der Waals surface area contributed by atoms with Crippen LogP contribution >= 0.6 is 0 Å². The summed E-state index contributed by atoms with van der Waals surface area (Å²) in [5.41, 5.74) is 1.29. The molecule has 1 spiro atoms. The first-order valence-corrected chi connectivity index (χ1v) is 10.7. The maximum absolute atomic E-state index is 12.5. The van der Waals surface area contributed by atoms with Gasteiger partial charge in [0.2, 0.25) is 0 Å². The van der Waals surface area contributed by atoms with E-state index in [2.05, 4.69) is 20.4 Å². The van der Waals surface area contributed by atoms with Crippen LogP contribution in [0.4, 0.5) is 0 Å². The molecule has 0 aromatic heterocycles. The fourth-order valence-electron chi connectivity index (χ4n) is 7.76. The third kappa shape index (κ3) is 3.19. The van der Waals surface area contributed by atoms with Gasteiger partial charge >= 0.3 is 5.97 Å². The normalized spacial score (nSPS) is 48.8. The molecule has 7 unspecified atom stereocenters. The number of esters is 1. The standard InChI is InChI=1S/C23H36O2/c1-15(2)21(24)25-20-19-9-17-8-18(12-22(4,11-17)14-19)13-23(20)7-5-6-16(3)10-23/h16-20H,1,5-14H2,2-4H3. The van der Waals surface area contributed by atoms with Gasteiger partial charge in [-0.15, -0.1) is 0 Å². The molecular weight excluding hydrogens is 308 g/mol. The first-order valence-electron chi connectivity index (χ1n) is 10.7. The Kier molecular flexibility index (Phi) is 4.32. The molecule has 140 valence electrons. The van der Waals surface area contributed by atoms with Crippen molar-refractivity contribution >= 4 is 5.97 Å². The first kappa shape index (κ1) is 17.6. The van der Waals surface area contributed by atoms with Crippen LogP contribution in [0.5, 0.6) is 0 Å². The minimum Gasteiger partial charge on any atom is -0.458 e. The van der Waals surface area contributed by atoms with Gasteiger partial charge in [0.1, 0.15) is 6.10 Å². The molecular formula is C23H36O2. The summed E-state index contributed by atoms with van der Waals surface area (Å²) in [4.78, 5) is 12.5. The van der Waals surface area contributed by atoms with Crippen molar-refractivity contribution in [2.75, 3.05) is 0 Å². The molecule has 25 heavy (non-hydrogen) atoms. The molecule has 0 amide bonds. The van der Waals surface area contributed by atoms with E-state index in [0.717, 1.165) is 17.8 Å². The van der Waals surface area contributed by atoms with Gasteiger partial charge in [-0.2, -0.15) is 0 Å². The topological polar surface area (TPSA) is 26.3 Å². The molecule has 7 atom stereocenters. The maximum atomic E-state index is 12.5. The molecule has 5 saturated carbocycles. The quantitative estimate of drug-likeness (QED) is 0.460. The van der Waals surface area contributed by atoms with Crippen LogP contribution in [0, 0.1) is 34.5 Å². The molecule has 5 fully saturated rings. The Morgan fingerprint density at radius 2 is 1.84 bits per heavy atom. The molecule has 2 nitrogen and oxygen atoms in total. The van der Waals surface area contributed by atoms with Crippen LogP contribution in [0.1, 0.15) is 85.0 Å². The lowest BCUT2D eigenvalue weighted by atomic mass is 9.47. The molecule has 5 aliphatic carbocycles. The van der Waals surface area contributed by atoms with Crippen LogP contribution in [0.3, 0.4) is 0 Å². The van der Waals surface area contributed by atoms with E-state index >= 15 is 0 Å². The Labute approximate surface area is 153 Å². The maximum Gasteiger partial charge on any atom is 0.333 e. The van der Waals surface area contributed by atoms with E-state index in [0.29, 0.717) is 16.9 Å². The summed E-state index contributed by atoms with van der Waals surface area (Å²) in [5, 5.41) is 0. The van der Waals surface area contributed by atoms with Gasteiger partial charge in [-0.3, -0.25) is 0 Å². The highest BCUT2D eigenvalue weighted by Gasteiger charge is 2.56. The summed E-state index contributed by atoms with van der Waals surface area (Å²) in [6.45, 7) is 10.6. The van der Waals surface area contributed by atoms with Gasteiger partial charge in [0.25, 0.3) is 0 Å². The molecule has 5 aliphatic rings. The molecule has 5 rings (SSSR count). The fraction of sp³-hybridized carbons (Fsp3) is 0.870. The number of hydrogen-bond acceptors (Lipinski definition) is 2. The van der Waals surface area contributed by atoms with Crippen molar-refractivity contribution in [3.8, 4) is 0 Å². The van der Waals surface area contributed by atoms with Gasteiger partial charge < -0.3 is 4.74 Å². The highest BCUT2D eigenvalue weighted by atomic mass is 16.5. The summed E-state index contributed by atoms with van der Waals surface area (Å²) in [5.74, 6) is 2.90. The molecule has 0 N–H and O–H groups in total. The largest absolute Gasteiger partial charge is 0.458 e. The Hall–Kier alpha value is -0.790. The lowest BCUT2D eigenvalue weighted by Gasteiger charge is -2.59. The van der Waals surface area contributed by atoms with E-state index in [-0.39, 0.29) is 17.5 Å². The highest BCUT2D eigenvalue weighted by molar-refractivity contribution is 5.87. The van der Waals surface area contributed by atoms with E-state index in [4.69, 9.17) is 4.74 Å². The number of hydrogen-bond donors (Lipinski definition) is 0. The molecule has 4 bridgehead atoms. The number of rotatable bonds is 2. The SMILES string of the molecule is C=C(C)C(=O)OC1C2CC3CC(CC(C)(C3)C2)CC12CCCC(C)C2. The third-order valence-electron chi connectivity index (χ3n) is 8.06. The zero-order chi connectivity index (χ0) is 17.8. The van der Waals surface area contributed by atoms with E-state index in [1.165, 1.54) is 64.2 Å². The zero-order valence-corrected chi connectivity index (χ0v) is 16.5. The average Bonchev–Trinajstić information content (AvgIpc) is 2.49. The van der Waals surface area contributed by atoms with Crippen LogP contribution in [-0.4, -0.2) is 12.1 Å². The van der Waals surface area contributed by atoms with Crippen LogP contribution in [0.2, 0.25) is 0 Å². The molecule has 0 aromatic carbocycles. The minimum absolute atomic E-state index is 0.129. The van der Waals surface area contributed by atoms with Gasteiger partial charge in [-0.1, -0.05) is 33.3 Å². The summed E-state index contributed by atoms with van der Waals surface area (Å²) in [6, 6.07) is 0. The zero-order valence-electron chi connectivity index (χ0n) is 16.5. The predicted octanol–water partition coefficient (Wildman–Crippen LogP) is 5.91. The second-order valence-corrected chi connectivity index (χ2v) is 10.8. The second kappa shape index (κ2) is 6.13. The van der Waals surface area contributed by atoms with Crippen molar-refractivity contribution in [3.05, 3.63) is 12.2 Å². The van der Waals surface area contributed by atoms with Crippen molar-refractivity contribution < 1.29 is 9.53 Å². The van der Waals surface area contributed by atoms with E-state index in [1.54, 1.807) is 6.92 Å². The molecule has 0 radical (unpaired) electrons. The molecule has 0 heterocycles. The van der Waals surface area contributed by atoms with Crippen molar-refractivity contribution in [3.63, 3.8) is 0 Å². The Balaban J connectivity index is 1.71. The van der Waals surface area contributed by atoms with Crippen LogP contribution < -0.4 is 0 Å². The lowest BCUT2D eigenvalue weighted by molar-refractivity contribution is -0.180. The summed E-state index contributed by atoms with van der Waals surface area (Å²) < 4.78 is 6.29. The monoisotopic (exact) mass is 344 g/mol. The molecule has 2 heteroatoms. The Bertz CT molecular complexity index is 566. The third-order valence-corrected chi connectivity index (χ3v) is 8.06. The van der Waals surface area contributed by atoms with Gasteiger partial charge in [0.05, 0.1) is 0 Å². The van der Waals surface area contributed by atoms with E-state index in [1.807, 2.05) is 0 Å². The highest BCUT2D eigenvalue weighted by Crippen LogP contribution is 2.62. The Morgan fingerprint density at radius 1 is 1.08 bits per heavy atom. The minimum atomic E-state index is -0.149. The van der Waals surface area contributed by atoms with Crippen LogP contribution in [0.25, 0.3) is 0 Å². The average molecular weight is 345 g/mol. The molecule has 0 aliphatic heterocycles. The van der Waals surface area contributed by atoms with Crippen molar-refractivity contribution in [1.82, 2.24) is 0 Å². The predicted molar refractivity (Wildman–Crippen MR) is 101 cm³/mol. The Morgan fingerprint density at radius 3 is 2.52 bits per heavy atom. The number of ether oxygens (including phenoxy) is 1. The van der Waals surface area contributed by atoms with Gasteiger partial charge in [-0.05, 0) is 87.4 Å². The van der Waals surface area contributed by atoms with Gasteiger partial charge in [0, 0.05) is 11.0 Å².